The fourth-order valence-corrected chi connectivity index (χ4v) is 5.38. The lowest BCUT2D eigenvalue weighted by Gasteiger charge is -2.36. The number of nitrogens with one attached hydrogen (secondary N) is 1. The molecule has 1 saturated heterocycles. The SMILES string of the molecule is CC(C)(C)c1ccc(S(=O)(=O)N[C@@H](CO)C(=O)N2CCN(Cc3ccc4c(c3)OCO4)CC2)cc1. The van der Waals surface area contributed by atoms with Crippen LogP contribution in [0.25, 0.3) is 0 Å². The van der Waals surface area contributed by atoms with Crippen LogP contribution in [0.15, 0.2) is 47.4 Å². The maximum absolute atomic E-state index is 13.0. The van der Waals surface area contributed by atoms with E-state index in [-0.39, 0.29) is 17.1 Å². The first kappa shape index (κ1) is 25.4. The zero-order valence-corrected chi connectivity index (χ0v) is 21.2. The Labute approximate surface area is 206 Å². The Morgan fingerprint density at radius 2 is 1.69 bits per heavy atom. The summed E-state index contributed by atoms with van der Waals surface area (Å²) in [5, 5.41) is 9.80. The lowest BCUT2D eigenvalue weighted by atomic mass is 9.87. The molecule has 2 N–H and O–H groups in total. The number of aliphatic hydroxyl groups excluding tert-OH is 1. The molecule has 35 heavy (non-hydrogen) atoms. The van der Waals surface area contributed by atoms with Gasteiger partial charge in [-0.3, -0.25) is 9.69 Å². The van der Waals surface area contributed by atoms with Gasteiger partial charge in [0.05, 0.1) is 11.5 Å². The fourth-order valence-electron chi connectivity index (χ4n) is 4.20. The van der Waals surface area contributed by atoms with Crippen molar-refractivity contribution in [3.8, 4) is 11.5 Å². The smallest absolute Gasteiger partial charge is 0.243 e. The van der Waals surface area contributed by atoms with Gasteiger partial charge in [0.25, 0.3) is 0 Å². The molecule has 2 heterocycles. The first-order chi connectivity index (χ1) is 16.6. The third-order valence-corrected chi connectivity index (χ3v) is 7.82. The molecule has 0 aromatic heterocycles. The normalized spacial score (nSPS) is 17.4. The van der Waals surface area contributed by atoms with Gasteiger partial charge in [-0.15, -0.1) is 0 Å². The number of carbonyl (C=O) groups is 1. The van der Waals surface area contributed by atoms with E-state index in [9.17, 15) is 18.3 Å². The summed E-state index contributed by atoms with van der Waals surface area (Å²) in [4.78, 5) is 16.9. The molecule has 0 radical (unpaired) electrons. The van der Waals surface area contributed by atoms with Gasteiger partial charge in [-0.1, -0.05) is 39.0 Å². The number of piperazine rings is 1. The zero-order chi connectivity index (χ0) is 25.2. The molecule has 0 bridgehead atoms. The van der Waals surface area contributed by atoms with E-state index in [1.165, 1.54) is 12.1 Å². The Kier molecular flexibility index (Phi) is 7.37. The number of aliphatic hydroxyl groups is 1. The van der Waals surface area contributed by atoms with E-state index in [4.69, 9.17) is 9.47 Å². The Morgan fingerprint density at radius 3 is 2.31 bits per heavy atom. The largest absolute Gasteiger partial charge is 0.454 e. The molecule has 2 aliphatic heterocycles. The highest BCUT2D eigenvalue weighted by atomic mass is 32.2. The molecule has 0 aliphatic carbocycles. The summed E-state index contributed by atoms with van der Waals surface area (Å²) in [6.07, 6.45) is 0. The highest BCUT2D eigenvalue weighted by molar-refractivity contribution is 7.89. The highest BCUT2D eigenvalue weighted by Gasteiger charge is 2.31. The number of hydrogen-bond acceptors (Lipinski definition) is 7. The molecule has 9 nitrogen and oxygen atoms in total. The average molecular weight is 504 g/mol. The van der Waals surface area contributed by atoms with Gasteiger partial charge in [-0.2, -0.15) is 4.72 Å². The number of nitrogens with zero attached hydrogens (tertiary/aromatic N) is 2. The number of sulfonamides is 1. The average Bonchev–Trinajstić information content (AvgIpc) is 3.30. The van der Waals surface area contributed by atoms with E-state index >= 15 is 0 Å². The van der Waals surface area contributed by atoms with E-state index in [2.05, 4.69) is 9.62 Å². The fraction of sp³-hybridized carbons (Fsp3) is 0.480. The minimum Gasteiger partial charge on any atom is -0.454 e. The predicted octanol–water partition coefficient (Wildman–Crippen LogP) is 1.70. The molecule has 10 heteroatoms. The number of fused-ring (bicyclic) bond motifs is 1. The molecular weight excluding hydrogens is 470 g/mol. The molecule has 0 saturated carbocycles. The van der Waals surface area contributed by atoms with Crippen molar-refractivity contribution in [1.82, 2.24) is 14.5 Å². The van der Waals surface area contributed by atoms with Crippen molar-refractivity contribution in [2.75, 3.05) is 39.6 Å². The summed E-state index contributed by atoms with van der Waals surface area (Å²) in [7, 11) is -3.96. The third-order valence-electron chi connectivity index (χ3n) is 6.34. The van der Waals surface area contributed by atoms with Gasteiger partial charge in [0.15, 0.2) is 11.5 Å². The number of hydrogen-bond donors (Lipinski definition) is 2. The minimum atomic E-state index is -3.96. The Bertz CT molecular complexity index is 1150. The standard InChI is InChI=1S/C25H33N3O6S/c1-25(2,3)19-5-7-20(8-6-19)35(31,32)26-21(16-29)24(30)28-12-10-27(11-13-28)15-18-4-9-22-23(14-18)34-17-33-22/h4-9,14,21,26,29H,10-13,15-17H2,1-3H3/t21-/m0/s1. The van der Waals surface area contributed by atoms with Crippen molar-refractivity contribution in [2.45, 2.75) is 43.7 Å². The van der Waals surface area contributed by atoms with Gasteiger partial charge in [-0.25, -0.2) is 8.42 Å². The van der Waals surface area contributed by atoms with E-state index in [1.54, 1.807) is 17.0 Å². The molecule has 0 unspecified atom stereocenters. The van der Waals surface area contributed by atoms with E-state index in [0.717, 1.165) is 22.6 Å². The van der Waals surface area contributed by atoms with Crippen LogP contribution in [0.3, 0.4) is 0 Å². The van der Waals surface area contributed by atoms with Crippen molar-refractivity contribution in [2.24, 2.45) is 0 Å². The van der Waals surface area contributed by atoms with Gasteiger partial charge < -0.3 is 19.5 Å². The van der Waals surface area contributed by atoms with Crippen LogP contribution in [0.5, 0.6) is 11.5 Å². The van der Waals surface area contributed by atoms with E-state index < -0.39 is 28.6 Å². The number of amides is 1. The zero-order valence-electron chi connectivity index (χ0n) is 20.4. The van der Waals surface area contributed by atoms with Crippen LogP contribution in [-0.2, 0) is 26.8 Å². The predicted molar refractivity (Wildman–Crippen MR) is 131 cm³/mol. The number of rotatable bonds is 7. The molecule has 1 fully saturated rings. The summed E-state index contributed by atoms with van der Waals surface area (Å²) >= 11 is 0. The monoisotopic (exact) mass is 503 g/mol. The molecule has 1 atom stereocenters. The summed E-state index contributed by atoms with van der Waals surface area (Å²) in [5.41, 5.74) is 1.99. The first-order valence-corrected chi connectivity index (χ1v) is 13.2. The summed E-state index contributed by atoms with van der Waals surface area (Å²) in [6, 6.07) is 11.2. The second-order valence-corrected chi connectivity index (χ2v) is 11.6. The second kappa shape index (κ2) is 10.1. The molecule has 1 amide bonds. The van der Waals surface area contributed by atoms with Crippen LogP contribution < -0.4 is 14.2 Å². The molecule has 2 aliphatic rings. The topological polar surface area (TPSA) is 108 Å². The molecular formula is C25H33N3O6S. The van der Waals surface area contributed by atoms with Crippen molar-refractivity contribution in [3.63, 3.8) is 0 Å². The molecule has 2 aromatic carbocycles. The van der Waals surface area contributed by atoms with Crippen LogP contribution in [0.4, 0.5) is 0 Å². The van der Waals surface area contributed by atoms with Crippen LogP contribution in [0, 0.1) is 0 Å². The summed E-state index contributed by atoms with van der Waals surface area (Å²) in [6.45, 7) is 8.63. The highest BCUT2D eigenvalue weighted by Crippen LogP contribution is 2.33. The summed E-state index contributed by atoms with van der Waals surface area (Å²) in [5.74, 6) is 1.05. The lowest BCUT2D eigenvalue weighted by Crippen LogP contribution is -2.55. The van der Waals surface area contributed by atoms with Gasteiger partial charge in [0, 0.05) is 32.7 Å². The molecule has 190 valence electrons. The van der Waals surface area contributed by atoms with Crippen molar-refractivity contribution in [3.05, 3.63) is 53.6 Å². The Hall–Kier alpha value is -2.66. The Balaban J connectivity index is 1.33. The maximum atomic E-state index is 13.0. The number of benzene rings is 2. The minimum absolute atomic E-state index is 0.0605. The third kappa shape index (κ3) is 5.95. The molecule has 4 rings (SSSR count). The molecule has 0 spiro atoms. The van der Waals surface area contributed by atoms with Crippen molar-refractivity contribution >= 4 is 15.9 Å². The van der Waals surface area contributed by atoms with Gasteiger partial charge >= 0.3 is 0 Å². The molecule has 2 aromatic rings. The van der Waals surface area contributed by atoms with Crippen LogP contribution >= 0.6 is 0 Å². The number of ether oxygens (including phenoxy) is 2. The van der Waals surface area contributed by atoms with Crippen LogP contribution in [0.2, 0.25) is 0 Å². The quantitative estimate of drug-likeness (QED) is 0.592. The Morgan fingerprint density at radius 1 is 1.03 bits per heavy atom. The van der Waals surface area contributed by atoms with Gasteiger partial charge in [0.2, 0.25) is 22.7 Å². The second-order valence-electron chi connectivity index (χ2n) is 9.92. The van der Waals surface area contributed by atoms with Crippen LogP contribution in [-0.4, -0.2) is 74.9 Å². The van der Waals surface area contributed by atoms with Crippen molar-refractivity contribution in [1.29, 1.82) is 0 Å². The van der Waals surface area contributed by atoms with Gasteiger partial charge in [0.1, 0.15) is 6.04 Å². The van der Waals surface area contributed by atoms with Gasteiger partial charge in [-0.05, 0) is 40.8 Å². The van der Waals surface area contributed by atoms with Crippen molar-refractivity contribution < 1.29 is 27.8 Å². The lowest BCUT2D eigenvalue weighted by molar-refractivity contribution is -0.135. The maximum Gasteiger partial charge on any atom is 0.243 e. The van der Waals surface area contributed by atoms with E-state index in [0.29, 0.717) is 32.7 Å². The summed E-state index contributed by atoms with van der Waals surface area (Å²) < 4.78 is 38.9. The van der Waals surface area contributed by atoms with E-state index in [1.807, 2.05) is 39.0 Å². The first-order valence-electron chi connectivity index (χ1n) is 11.7. The van der Waals surface area contributed by atoms with Crippen LogP contribution in [0.1, 0.15) is 31.9 Å². The number of carbonyl (C=O) groups excluding carboxylic acids is 1.